The molecule has 0 aromatic carbocycles. The second kappa shape index (κ2) is 13.3. The maximum absolute atomic E-state index is 12.2. The molecule has 0 aromatic heterocycles. The zero-order chi connectivity index (χ0) is 31.1. The van der Waals surface area contributed by atoms with Crippen LogP contribution in [0.4, 0.5) is 0 Å². The van der Waals surface area contributed by atoms with Crippen LogP contribution in [0.15, 0.2) is 38.0 Å². The molecule has 0 saturated heterocycles. The van der Waals surface area contributed by atoms with Gasteiger partial charge in [-0.05, 0) is 78.6 Å². The lowest BCUT2D eigenvalue weighted by Crippen LogP contribution is -2.62. The van der Waals surface area contributed by atoms with E-state index < -0.39 is 40.2 Å². The Hall–Kier alpha value is -2.41. The van der Waals surface area contributed by atoms with Gasteiger partial charge in [0.2, 0.25) is 0 Å². The second-order valence-corrected chi connectivity index (χ2v) is 14.7. The van der Waals surface area contributed by atoms with Gasteiger partial charge in [0, 0.05) is 35.7 Å². The van der Waals surface area contributed by atoms with Crippen LogP contribution < -0.4 is 0 Å². The molecule has 0 bridgehead atoms. The minimum Gasteiger partial charge on any atom is -0.457 e. The van der Waals surface area contributed by atoms with E-state index in [1.165, 1.54) is 6.08 Å². The molecule has 39 heavy (non-hydrogen) atoms. The highest BCUT2D eigenvalue weighted by atomic mass is 16.6. The van der Waals surface area contributed by atoms with E-state index in [-0.39, 0.29) is 17.6 Å². The number of nitrogens with zero attached hydrogens (tertiary/aromatic N) is 1. The Morgan fingerprint density at radius 2 is 1.03 bits per heavy atom. The number of ether oxygens (including phenoxy) is 3. The highest BCUT2D eigenvalue weighted by Crippen LogP contribution is 2.46. The molecule has 0 N–H and O–H groups in total. The predicted octanol–water partition coefficient (Wildman–Crippen LogP) is 7.16. The molecular formula is C32H55NO6. The number of hydrogen-bond donors (Lipinski definition) is 0. The first-order valence-corrected chi connectivity index (χ1v) is 13.6. The van der Waals surface area contributed by atoms with Gasteiger partial charge < -0.3 is 14.2 Å². The quantitative estimate of drug-likeness (QED) is 0.0874. The summed E-state index contributed by atoms with van der Waals surface area (Å²) in [6.07, 6.45) is 5.90. The van der Waals surface area contributed by atoms with Gasteiger partial charge in [-0.1, -0.05) is 54.4 Å². The van der Waals surface area contributed by atoms with Gasteiger partial charge in [0.1, 0.15) is 17.9 Å². The van der Waals surface area contributed by atoms with Crippen LogP contribution in [0, 0.1) is 10.8 Å². The van der Waals surface area contributed by atoms with E-state index in [0.717, 1.165) is 18.6 Å². The largest absolute Gasteiger partial charge is 0.457 e. The summed E-state index contributed by atoms with van der Waals surface area (Å²) in [4.78, 5) is 38.7. The minimum atomic E-state index is -0.862. The van der Waals surface area contributed by atoms with Crippen molar-refractivity contribution in [3.8, 4) is 0 Å². The zero-order valence-corrected chi connectivity index (χ0v) is 26.8. The fraction of sp³-hybridized carbons (Fsp3) is 0.719. The van der Waals surface area contributed by atoms with E-state index in [2.05, 4.69) is 80.0 Å². The molecule has 0 aliphatic carbocycles. The topological polar surface area (TPSA) is 82.1 Å². The van der Waals surface area contributed by atoms with Gasteiger partial charge in [0.25, 0.3) is 0 Å². The molecule has 0 saturated carbocycles. The molecule has 1 atom stereocenters. The van der Waals surface area contributed by atoms with E-state index in [9.17, 15) is 14.4 Å². The van der Waals surface area contributed by atoms with Crippen LogP contribution in [0.2, 0.25) is 0 Å². The molecule has 0 heterocycles. The summed E-state index contributed by atoms with van der Waals surface area (Å²) in [6, 6.07) is 0. The molecule has 0 aromatic rings. The second-order valence-electron chi connectivity index (χ2n) is 14.7. The highest BCUT2D eigenvalue weighted by molar-refractivity contribution is 5.82. The van der Waals surface area contributed by atoms with Crippen molar-refractivity contribution in [3.05, 3.63) is 38.0 Å². The van der Waals surface area contributed by atoms with E-state index >= 15 is 0 Å². The summed E-state index contributed by atoms with van der Waals surface area (Å²) < 4.78 is 17.1. The van der Waals surface area contributed by atoms with Gasteiger partial charge in [-0.2, -0.15) is 0 Å². The Labute approximate surface area is 238 Å². The molecule has 0 aliphatic heterocycles. The molecule has 0 fully saturated rings. The molecule has 7 nitrogen and oxygen atoms in total. The summed E-state index contributed by atoms with van der Waals surface area (Å²) in [7, 11) is 0. The standard InChI is InChI=1S/C32H55NO6/c1-16-24(34)37-23-33(29(9,10)19-27(4,5)6)32(15,22-31(13,14)39-26(36)18-3)21-28(7,8)20-30(11,12)38-25(35)17-2/h16-18H,1-3,19-23H2,4-15H3. The van der Waals surface area contributed by atoms with Gasteiger partial charge in [-0.25, -0.2) is 14.4 Å². The van der Waals surface area contributed by atoms with Crippen molar-refractivity contribution in [1.29, 1.82) is 0 Å². The van der Waals surface area contributed by atoms with E-state index in [4.69, 9.17) is 14.2 Å². The van der Waals surface area contributed by atoms with Gasteiger partial charge in [-0.3, -0.25) is 4.90 Å². The average Bonchev–Trinajstić information content (AvgIpc) is 2.68. The van der Waals surface area contributed by atoms with Crippen LogP contribution in [0.5, 0.6) is 0 Å². The number of esters is 3. The Kier molecular flexibility index (Phi) is 12.5. The van der Waals surface area contributed by atoms with Crippen molar-refractivity contribution < 1.29 is 28.6 Å². The smallest absolute Gasteiger partial charge is 0.331 e. The van der Waals surface area contributed by atoms with Crippen LogP contribution in [-0.4, -0.2) is 51.8 Å². The Morgan fingerprint density at radius 3 is 1.41 bits per heavy atom. The maximum Gasteiger partial charge on any atom is 0.331 e. The molecular weight excluding hydrogens is 494 g/mol. The van der Waals surface area contributed by atoms with Crippen LogP contribution in [0.3, 0.4) is 0 Å². The SMILES string of the molecule is C=CC(=O)OCN(C(C)(C)CC(C)(C)C)C(C)(CC(C)(C)CC(C)(C)OC(=O)C=C)CC(C)(C)OC(=O)C=C. The van der Waals surface area contributed by atoms with Crippen LogP contribution in [0.25, 0.3) is 0 Å². The number of carbonyl (C=O) groups is 3. The Morgan fingerprint density at radius 1 is 0.615 bits per heavy atom. The first-order valence-electron chi connectivity index (χ1n) is 13.6. The Bertz CT molecular complexity index is 906. The third-order valence-electron chi connectivity index (χ3n) is 6.51. The van der Waals surface area contributed by atoms with E-state index in [1.54, 1.807) is 0 Å². The highest BCUT2D eigenvalue weighted by Gasteiger charge is 2.49. The van der Waals surface area contributed by atoms with Crippen molar-refractivity contribution in [3.63, 3.8) is 0 Å². The fourth-order valence-corrected chi connectivity index (χ4v) is 6.76. The van der Waals surface area contributed by atoms with Gasteiger partial charge >= 0.3 is 17.9 Å². The molecule has 1 unspecified atom stereocenters. The van der Waals surface area contributed by atoms with Crippen molar-refractivity contribution in [2.75, 3.05) is 6.73 Å². The number of carbonyl (C=O) groups excluding carboxylic acids is 3. The molecule has 7 heteroatoms. The average molecular weight is 550 g/mol. The monoisotopic (exact) mass is 549 g/mol. The predicted molar refractivity (Wildman–Crippen MR) is 158 cm³/mol. The maximum atomic E-state index is 12.2. The molecule has 0 rings (SSSR count). The molecule has 0 aliphatic rings. The third-order valence-corrected chi connectivity index (χ3v) is 6.51. The lowest BCUT2D eigenvalue weighted by molar-refractivity contribution is -0.167. The summed E-state index contributed by atoms with van der Waals surface area (Å²) in [5.41, 5.74) is -3.04. The summed E-state index contributed by atoms with van der Waals surface area (Å²) in [6.45, 7) is 35.3. The zero-order valence-electron chi connectivity index (χ0n) is 26.8. The molecule has 0 spiro atoms. The van der Waals surface area contributed by atoms with Crippen LogP contribution in [0.1, 0.15) is 109 Å². The van der Waals surface area contributed by atoms with Crippen molar-refractivity contribution in [2.45, 2.75) is 131 Å². The molecule has 0 amide bonds. The summed E-state index contributed by atoms with van der Waals surface area (Å²) >= 11 is 0. The van der Waals surface area contributed by atoms with Crippen LogP contribution in [-0.2, 0) is 28.6 Å². The normalized spacial score (nSPS) is 14.7. The van der Waals surface area contributed by atoms with Gasteiger partial charge in [0.15, 0.2) is 0 Å². The fourth-order valence-electron chi connectivity index (χ4n) is 6.76. The lowest BCUT2D eigenvalue weighted by Gasteiger charge is -2.55. The van der Waals surface area contributed by atoms with Gasteiger partial charge in [-0.15, -0.1) is 0 Å². The van der Waals surface area contributed by atoms with Crippen molar-refractivity contribution in [1.82, 2.24) is 4.90 Å². The first-order chi connectivity index (χ1) is 17.3. The third kappa shape index (κ3) is 13.5. The first kappa shape index (κ1) is 36.6. The van der Waals surface area contributed by atoms with E-state index in [0.29, 0.717) is 19.3 Å². The number of rotatable bonds is 16. The minimum absolute atomic E-state index is 0.0215. The van der Waals surface area contributed by atoms with Crippen molar-refractivity contribution in [2.24, 2.45) is 10.8 Å². The molecule has 0 radical (unpaired) electrons. The summed E-state index contributed by atoms with van der Waals surface area (Å²) in [5.74, 6) is -1.49. The number of hydrogen-bond acceptors (Lipinski definition) is 7. The lowest BCUT2D eigenvalue weighted by atomic mass is 9.68. The van der Waals surface area contributed by atoms with Crippen molar-refractivity contribution >= 4 is 17.9 Å². The van der Waals surface area contributed by atoms with Gasteiger partial charge in [0.05, 0.1) is 0 Å². The van der Waals surface area contributed by atoms with Crippen LogP contribution >= 0.6 is 0 Å². The Balaban J connectivity index is 6.83. The van der Waals surface area contributed by atoms with E-state index in [1.807, 2.05) is 27.7 Å². The molecule has 224 valence electrons. The summed E-state index contributed by atoms with van der Waals surface area (Å²) in [5, 5.41) is 0.